The summed E-state index contributed by atoms with van der Waals surface area (Å²) in [7, 11) is 0. The second-order valence-electron chi connectivity index (χ2n) is 7.45. The fourth-order valence-corrected chi connectivity index (χ4v) is 3.73. The Morgan fingerprint density at radius 2 is 2.04 bits per heavy atom. The minimum atomic E-state index is -0.0536. The van der Waals surface area contributed by atoms with E-state index in [2.05, 4.69) is 25.2 Å². The van der Waals surface area contributed by atoms with Crippen LogP contribution in [-0.4, -0.2) is 42.4 Å². The molecule has 0 aliphatic carbocycles. The lowest BCUT2D eigenvalue weighted by molar-refractivity contribution is -0.134. The third-order valence-corrected chi connectivity index (χ3v) is 5.47. The first kappa shape index (κ1) is 19.4. The van der Waals surface area contributed by atoms with Gasteiger partial charge in [0, 0.05) is 43.0 Å². The zero-order valence-electron chi connectivity index (χ0n) is 16.2. The van der Waals surface area contributed by atoms with Crippen molar-refractivity contribution in [3.05, 3.63) is 35.1 Å². The lowest BCUT2D eigenvalue weighted by atomic mass is 9.99. The van der Waals surface area contributed by atoms with Gasteiger partial charge in [-0.2, -0.15) is 0 Å². The normalized spacial score (nSPS) is 17.3. The molecule has 0 radical (unpaired) electrons. The van der Waals surface area contributed by atoms with Crippen molar-refractivity contribution in [3.63, 3.8) is 0 Å². The average Bonchev–Trinajstić information content (AvgIpc) is 3.02. The van der Waals surface area contributed by atoms with E-state index in [4.69, 9.17) is 10.2 Å². The second kappa shape index (κ2) is 8.57. The minimum absolute atomic E-state index is 0.0510. The van der Waals surface area contributed by atoms with Crippen LogP contribution in [-0.2, 0) is 16.0 Å². The summed E-state index contributed by atoms with van der Waals surface area (Å²) in [6, 6.07) is 4.17. The average molecular weight is 371 g/mol. The maximum absolute atomic E-state index is 13.0. The molecule has 2 amide bonds. The van der Waals surface area contributed by atoms with Crippen molar-refractivity contribution in [3.8, 4) is 0 Å². The Kier molecular flexibility index (Phi) is 6.16. The number of rotatable bonds is 6. The van der Waals surface area contributed by atoms with E-state index in [0.717, 1.165) is 42.3 Å². The summed E-state index contributed by atoms with van der Waals surface area (Å²) in [5, 5.41) is 3.92. The molecule has 1 fully saturated rings. The predicted octanol–water partition coefficient (Wildman–Crippen LogP) is 2.44. The molecular formula is C21H29N3O3. The molecule has 1 aromatic heterocycles. The lowest BCUT2D eigenvalue weighted by Crippen LogP contribution is -2.50. The maximum atomic E-state index is 13.0. The van der Waals surface area contributed by atoms with E-state index < -0.39 is 0 Å². The molecule has 1 aromatic carbocycles. The van der Waals surface area contributed by atoms with Gasteiger partial charge in [-0.3, -0.25) is 9.59 Å². The Bertz CT molecular complexity index is 827. The molecule has 1 aliphatic heterocycles. The molecule has 6 nitrogen and oxygen atoms in total. The highest BCUT2D eigenvalue weighted by Gasteiger charge is 2.27. The van der Waals surface area contributed by atoms with Gasteiger partial charge < -0.3 is 20.4 Å². The second-order valence-corrected chi connectivity index (χ2v) is 7.45. The van der Waals surface area contributed by atoms with E-state index in [9.17, 15) is 9.59 Å². The van der Waals surface area contributed by atoms with Crippen molar-refractivity contribution in [2.24, 2.45) is 5.73 Å². The summed E-state index contributed by atoms with van der Waals surface area (Å²) < 4.78 is 5.67. The third kappa shape index (κ3) is 4.50. The van der Waals surface area contributed by atoms with Crippen LogP contribution in [0, 0.1) is 13.8 Å². The van der Waals surface area contributed by atoms with Gasteiger partial charge in [-0.25, -0.2) is 0 Å². The molecule has 0 bridgehead atoms. The number of piperidine rings is 1. The molecule has 146 valence electrons. The molecule has 3 N–H and O–H groups in total. The number of furan rings is 1. The molecule has 2 heterocycles. The number of hydrogen-bond acceptors (Lipinski definition) is 4. The predicted molar refractivity (Wildman–Crippen MR) is 105 cm³/mol. The van der Waals surface area contributed by atoms with Crippen molar-refractivity contribution >= 4 is 22.8 Å². The number of amides is 2. The summed E-state index contributed by atoms with van der Waals surface area (Å²) in [6.45, 7) is 5.70. The third-order valence-electron chi connectivity index (χ3n) is 5.47. The Morgan fingerprint density at radius 1 is 1.26 bits per heavy atom. The van der Waals surface area contributed by atoms with Gasteiger partial charge in [0.25, 0.3) is 0 Å². The number of likely N-dealkylation sites (tertiary alicyclic amines) is 1. The monoisotopic (exact) mass is 371 g/mol. The Balaban J connectivity index is 1.70. The number of hydrogen-bond donors (Lipinski definition) is 2. The molecule has 3 rings (SSSR count). The molecule has 1 saturated heterocycles. The van der Waals surface area contributed by atoms with Gasteiger partial charge in [-0.05, 0) is 56.4 Å². The SMILES string of the molecule is Cc1cc2occ(CC(=O)N3CCCCC3CNC(=O)CCN)c2cc1C. The largest absolute Gasteiger partial charge is 0.464 e. The first-order valence-electron chi connectivity index (χ1n) is 9.73. The highest BCUT2D eigenvalue weighted by atomic mass is 16.3. The Labute approximate surface area is 160 Å². The fraction of sp³-hybridized carbons (Fsp3) is 0.524. The molecule has 1 aliphatic rings. The summed E-state index contributed by atoms with van der Waals surface area (Å²) in [6.07, 6.45) is 5.34. The van der Waals surface area contributed by atoms with Crippen LogP contribution in [0.3, 0.4) is 0 Å². The highest BCUT2D eigenvalue weighted by molar-refractivity contribution is 5.88. The van der Waals surface area contributed by atoms with Crippen molar-refractivity contribution in [2.45, 2.75) is 52.0 Å². The van der Waals surface area contributed by atoms with Crippen molar-refractivity contribution in [1.29, 1.82) is 0 Å². The van der Waals surface area contributed by atoms with Gasteiger partial charge in [-0.1, -0.05) is 0 Å². The topological polar surface area (TPSA) is 88.6 Å². The number of nitrogens with one attached hydrogen (secondary N) is 1. The van der Waals surface area contributed by atoms with Gasteiger partial charge in [0.05, 0.1) is 12.7 Å². The molecule has 0 spiro atoms. The summed E-state index contributed by atoms with van der Waals surface area (Å²) >= 11 is 0. The number of benzene rings is 1. The molecule has 0 saturated carbocycles. The van der Waals surface area contributed by atoms with E-state index in [1.165, 1.54) is 11.1 Å². The van der Waals surface area contributed by atoms with Crippen LogP contribution in [0.2, 0.25) is 0 Å². The minimum Gasteiger partial charge on any atom is -0.464 e. The van der Waals surface area contributed by atoms with Crippen LogP contribution in [0.15, 0.2) is 22.8 Å². The first-order valence-corrected chi connectivity index (χ1v) is 9.73. The van der Waals surface area contributed by atoms with Crippen LogP contribution in [0.5, 0.6) is 0 Å². The zero-order chi connectivity index (χ0) is 19.4. The van der Waals surface area contributed by atoms with Crippen LogP contribution in [0.4, 0.5) is 0 Å². The Hall–Kier alpha value is -2.34. The number of carbonyl (C=O) groups excluding carboxylic acids is 2. The van der Waals surface area contributed by atoms with E-state index in [-0.39, 0.29) is 17.9 Å². The molecule has 6 heteroatoms. The number of aryl methyl sites for hydroxylation is 2. The summed E-state index contributed by atoms with van der Waals surface area (Å²) in [5.41, 5.74) is 9.54. The van der Waals surface area contributed by atoms with E-state index in [0.29, 0.717) is 25.9 Å². The first-order chi connectivity index (χ1) is 13.0. The van der Waals surface area contributed by atoms with Crippen molar-refractivity contribution in [1.82, 2.24) is 10.2 Å². The van der Waals surface area contributed by atoms with Gasteiger partial charge in [0.15, 0.2) is 0 Å². The van der Waals surface area contributed by atoms with E-state index in [1.54, 1.807) is 6.26 Å². The number of nitrogens with zero attached hydrogens (tertiary/aromatic N) is 1. The van der Waals surface area contributed by atoms with Crippen molar-refractivity contribution in [2.75, 3.05) is 19.6 Å². The van der Waals surface area contributed by atoms with Gasteiger partial charge >= 0.3 is 0 Å². The lowest BCUT2D eigenvalue weighted by Gasteiger charge is -2.36. The number of carbonyl (C=O) groups is 2. The highest BCUT2D eigenvalue weighted by Crippen LogP contribution is 2.26. The molecular weight excluding hydrogens is 342 g/mol. The van der Waals surface area contributed by atoms with Crippen LogP contribution in [0.25, 0.3) is 11.0 Å². The smallest absolute Gasteiger partial charge is 0.227 e. The molecule has 27 heavy (non-hydrogen) atoms. The number of nitrogens with two attached hydrogens (primary N) is 1. The Morgan fingerprint density at radius 3 is 2.81 bits per heavy atom. The summed E-state index contributed by atoms with van der Waals surface area (Å²) in [5.74, 6) is 0.0378. The van der Waals surface area contributed by atoms with Gasteiger partial charge in [-0.15, -0.1) is 0 Å². The van der Waals surface area contributed by atoms with Crippen LogP contribution < -0.4 is 11.1 Å². The van der Waals surface area contributed by atoms with E-state index in [1.807, 2.05) is 11.0 Å². The standard InChI is InChI=1S/C21H29N3O3/c1-14-9-18-16(13-27-19(18)10-15(14)2)11-21(26)24-8-4-3-5-17(24)12-23-20(25)6-7-22/h9-10,13,17H,3-8,11-12,22H2,1-2H3,(H,23,25). The van der Waals surface area contributed by atoms with Gasteiger partial charge in [0.2, 0.25) is 11.8 Å². The molecule has 1 atom stereocenters. The van der Waals surface area contributed by atoms with Gasteiger partial charge in [0.1, 0.15) is 5.58 Å². The van der Waals surface area contributed by atoms with Crippen LogP contribution in [0.1, 0.15) is 42.4 Å². The zero-order valence-corrected chi connectivity index (χ0v) is 16.2. The molecule has 2 aromatic rings. The summed E-state index contributed by atoms with van der Waals surface area (Å²) in [4.78, 5) is 26.6. The van der Waals surface area contributed by atoms with Crippen LogP contribution >= 0.6 is 0 Å². The van der Waals surface area contributed by atoms with E-state index >= 15 is 0 Å². The van der Waals surface area contributed by atoms with Crippen molar-refractivity contribution < 1.29 is 14.0 Å². The quantitative estimate of drug-likeness (QED) is 0.816. The molecule has 1 unspecified atom stereocenters. The maximum Gasteiger partial charge on any atom is 0.227 e. The fourth-order valence-electron chi connectivity index (χ4n) is 3.73. The number of fused-ring (bicyclic) bond motifs is 1.